The number of benzene rings is 1. The normalized spacial score (nSPS) is 16.6. The summed E-state index contributed by atoms with van der Waals surface area (Å²) >= 11 is 0. The number of rotatable bonds is 3. The zero-order chi connectivity index (χ0) is 11.7. The summed E-state index contributed by atoms with van der Waals surface area (Å²) in [5.41, 5.74) is 5.69. The molecule has 88 valence electrons. The van der Waals surface area contributed by atoms with Gasteiger partial charge in [0.1, 0.15) is 0 Å². The van der Waals surface area contributed by atoms with Crippen molar-refractivity contribution in [2.24, 2.45) is 0 Å². The highest BCUT2D eigenvalue weighted by atomic mass is 15.2. The molecule has 1 aromatic carbocycles. The molecule has 16 heavy (non-hydrogen) atoms. The summed E-state index contributed by atoms with van der Waals surface area (Å²) in [7, 11) is 2.22. The van der Waals surface area contributed by atoms with Gasteiger partial charge in [-0.3, -0.25) is 4.90 Å². The van der Waals surface area contributed by atoms with Crippen LogP contribution in [0.25, 0.3) is 0 Å². The average Bonchev–Trinajstić information content (AvgIpc) is 2.11. The average molecular weight is 218 g/mol. The fourth-order valence-corrected chi connectivity index (χ4v) is 2.17. The zero-order valence-corrected chi connectivity index (χ0v) is 10.8. The highest BCUT2D eigenvalue weighted by molar-refractivity contribution is 5.36. The SMILES string of the molecule is Cc1cc(C)c(CN(C)C2CNC2)cc1C. The third-order valence-corrected chi connectivity index (χ3v) is 3.76. The molecule has 2 nitrogen and oxygen atoms in total. The molecule has 0 spiro atoms. The van der Waals surface area contributed by atoms with Crippen molar-refractivity contribution < 1.29 is 0 Å². The molecule has 1 saturated heterocycles. The summed E-state index contributed by atoms with van der Waals surface area (Å²) in [6.45, 7) is 9.95. The Hall–Kier alpha value is -0.860. The van der Waals surface area contributed by atoms with Crippen LogP contribution in [-0.2, 0) is 6.54 Å². The molecule has 1 aliphatic rings. The molecule has 1 heterocycles. The molecule has 2 heteroatoms. The third kappa shape index (κ3) is 2.28. The van der Waals surface area contributed by atoms with Gasteiger partial charge in [-0.1, -0.05) is 12.1 Å². The van der Waals surface area contributed by atoms with Gasteiger partial charge in [0, 0.05) is 25.7 Å². The Bertz CT molecular complexity index is 381. The van der Waals surface area contributed by atoms with Crippen molar-refractivity contribution in [3.05, 3.63) is 34.4 Å². The Kier molecular flexibility index (Phi) is 3.31. The van der Waals surface area contributed by atoms with E-state index in [0.29, 0.717) is 0 Å². The van der Waals surface area contributed by atoms with E-state index in [4.69, 9.17) is 0 Å². The number of nitrogens with zero attached hydrogens (tertiary/aromatic N) is 1. The lowest BCUT2D eigenvalue weighted by molar-refractivity contribution is 0.173. The van der Waals surface area contributed by atoms with Crippen molar-refractivity contribution in [2.45, 2.75) is 33.4 Å². The molecular formula is C14H22N2. The molecule has 0 amide bonds. The van der Waals surface area contributed by atoms with E-state index in [9.17, 15) is 0 Å². The number of likely N-dealkylation sites (N-methyl/N-ethyl adjacent to an activating group) is 1. The van der Waals surface area contributed by atoms with Crippen LogP contribution in [0.4, 0.5) is 0 Å². The third-order valence-electron chi connectivity index (χ3n) is 3.76. The van der Waals surface area contributed by atoms with Crippen molar-refractivity contribution in [1.82, 2.24) is 10.2 Å². The zero-order valence-electron chi connectivity index (χ0n) is 10.8. The van der Waals surface area contributed by atoms with Gasteiger partial charge in [0.2, 0.25) is 0 Å². The van der Waals surface area contributed by atoms with Crippen molar-refractivity contribution in [3.63, 3.8) is 0 Å². The first-order valence-corrected chi connectivity index (χ1v) is 6.05. The summed E-state index contributed by atoms with van der Waals surface area (Å²) in [6, 6.07) is 5.37. The van der Waals surface area contributed by atoms with E-state index in [1.807, 2.05) is 0 Å². The predicted octanol–water partition coefficient (Wildman–Crippen LogP) is 2.02. The van der Waals surface area contributed by atoms with E-state index in [1.165, 1.54) is 22.3 Å². The Balaban J connectivity index is 2.11. The lowest BCUT2D eigenvalue weighted by Crippen LogP contribution is -2.55. The summed E-state index contributed by atoms with van der Waals surface area (Å²) in [5.74, 6) is 0. The second kappa shape index (κ2) is 4.56. The topological polar surface area (TPSA) is 15.3 Å². The molecule has 1 aromatic rings. The van der Waals surface area contributed by atoms with Gasteiger partial charge >= 0.3 is 0 Å². The fourth-order valence-electron chi connectivity index (χ4n) is 2.17. The Morgan fingerprint density at radius 3 is 2.31 bits per heavy atom. The van der Waals surface area contributed by atoms with Crippen LogP contribution in [0.3, 0.4) is 0 Å². The standard InChI is InChI=1S/C14H22N2/c1-10-5-12(3)13(6-11(10)2)9-16(4)14-7-15-8-14/h5-6,14-15H,7-9H2,1-4H3. The highest BCUT2D eigenvalue weighted by Crippen LogP contribution is 2.18. The van der Waals surface area contributed by atoms with Gasteiger partial charge in [0.15, 0.2) is 0 Å². The summed E-state index contributed by atoms with van der Waals surface area (Å²) in [4.78, 5) is 2.45. The molecule has 0 atom stereocenters. The van der Waals surface area contributed by atoms with Crippen LogP contribution in [-0.4, -0.2) is 31.1 Å². The van der Waals surface area contributed by atoms with Gasteiger partial charge in [0.25, 0.3) is 0 Å². The first-order valence-electron chi connectivity index (χ1n) is 6.05. The Morgan fingerprint density at radius 1 is 1.12 bits per heavy atom. The smallest absolute Gasteiger partial charge is 0.0345 e. The van der Waals surface area contributed by atoms with Crippen molar-refractivity contribution in [1.29, 1.82) is 0 Å². The largest absolute Gasteiger partial charge is 0.314 e. The van der Waals surface area contributed by atoms with Crippen LogP contribution in [0, 0.1) is 20.8 Å². The first kappa shape index (κ1) is 11.6. The highest BCUT2D eigenvalue weighted by Gasteiger charge is 2.21. The molecule has 0 radical (unpaired) electrons. The maximum absolute atomic E-state index is 3.32. The number of hydrogen-bond acceptors (Lipinski definition) is 2. The van der Waals surface area contributed by atoms with Crippen LogP contribution in [0.15, 0.2) is 12.1 Å². The monoisotopic (exact) mass is 218 g/mol. The van der Waals surface area contributed by atoms with E-state index < -0.39 is 0 Å². The van der Waals surface area contributed by atoms with Gasteiger partial charge in [-0.05, 0) is 50.1 Å². The van der Waals surface area contributed by atoms with Gasteiger partial charge in [-0.25, -0.2) is 0 Å². The summed E-state index contributed by atoms with van der Waals surface area (Å²) in [5, 5.41) is 3.32. The Morgan fingerprint density at radius 2 is 1.75 bits per heavy atom. The van der Waals surface area contributed by atoms with E-state index >= 15 is 0 Å². The maximum Gasteiger partial charge on any atom is 0.0345 e. The van der Waals surface area contributed by atoms with E-state index in [2.05, 4.69) is 50.2 Å². The molecule has 1 N–H and O–H groups in total. The number of hydrogen-bond donors (Lipinski definition) is 1. The van der Waals surface area contributed by atoms with Gasteiger partial charge in [-0.15, -0.1) is 0 Å². The quantitative estimate of drug-likeness (QED) is 0.835. The molecule has 0 bridgehead atoms. The van der Waals surface area contributed by atoms with Crippen LogP contribution < -0.4 is 5.32 Å². The molecule has 0 saturated carbocycles. The van der Waals surface area contributed by atoms with Crippen LogP contribution in [0.1, 0.15) is 22.3 Å². The van der Waals surface area contributed by atoms with Gasteiger partial charge in [-0.2, -0.15) is 0 Å². The lowest BCUT2D eigenvalue weighted by atomic mass is 10.00. The summed E-state index contributed by atoms with van der Waals surface area (Å²) < 4.78 is 0. The van der Waals surface area contributed by atoms with Crippen LogP contribution >= 0.6 is 0 Å². The lowest BCUT2D eigenvalue weighted by Gasteiger charge is -2.36. The van der Waals surface area contributed by atoms with E-state index in [-0.39, 0.29) is 0 Å². The summed E-state index contributed by atoms with van der Waals surface area (Å²) in [6.07, 6.45) is 0. The van der Waals surface area contributed by atoms with Crippen LogP contribution in [0.2, 0.25) is 0 Å². The molecule has 2 rings (SSSR count). The van der Waals surface area contributed by atoms with Crippen molar-refractivity contribution in [3.8, 4) is 0 Å². The predicted molar refractivity (Wildman–Crippen MR) is 68.8 cm³/mol. The Labute approximate surface area is 98.7 Å². The molecular weight excluding hydrogens is 196 g/mol. The second-order valence-corrected chi connectivity index (χ2v) is 5.09. The number of nitrogens with one attached hydrogen (secondary N) is 1. The van der Waals surface area contributed by atoms with Crippen molar-refractivity contribution >= 4 is 0 Å². The molecule has 0 unspecified atom stereocenters. The fraction of sp³-hybridized carbons (Fsp3) is 0.571. The minimum absolute atomic E-state index is 0.723. The minimum atomic E-state index is 0.723. The minimum Gasteiger partial charge on any atom is -0.314 e. The van der Waals surface area contributed by atoms with Gasteiger partial charge in [0.05, 0.1) is 0 Å². The maximum atomic E-state index is 3.32. The molecule has 1 fully saturated rings. The molecule has 0 aromatic heterocycles. The van der Waals surface area contributed by atoms with Gasteiger partial charge < -0.3 is 5.32 Å². The first-order chi connectivity index (χ1) is 7.58. The second-order valence-electron chi connectivity index (χ2n) is 5.09. The number of aryl methyl sites for hydroxylation is 3. The van der Waals surface area contributed by atoms with Crippen molar-refractivity contribution in [2.75, 3.05) is 20.1 Å². The molecule has 1 aliphatic heterocycles. The molecule has 0 aliphatic carbocycles. The van der Waals surface area contributed by atoms with E-state index in [1.54, 1.807) is 0 Å². The van der Waals surface area contributed by atoms with E-state index in [0.717, 1.165) is 25.7 Å². The van der Waals surface area contributed by atoms with Crippen LogP contribution in [0.5, 0.6) is 0 Å².